The van der Waals surface area contributed by atoms with E-state index in [1.165, 1.54) is 32.1 Å². The third kappa shape index (κ3) is 3.75. The Morgan fingerprint density at radius 1 is 0.853 bits per heavy atom. The molecule has 0 unspecified atom stereocenters. The van der Waals surface area contributed by atoms with Gasteiger partial charge in [-0.2, -0.15) is 0 Å². The molecule has 0 bridgehead atoms. The van der Waals surface area contributed by atoms with Crippen molar-refractivity contribution in [3.8, 4) is 0 Å². The molecule has 4 heteroatoms. The predicted molar refractivity (Wildman–Crippen MR) is 137 cm³/mol. The average molecular weight is 479 g/mol. The second kappa shape index (κ2) is 8.43. The minimum atomic E-state index is -1.03. The predicted octanol–water partition coefficient (Wildman–Crippen LogP) is 6.10. The van der Waals surface area contributed by atoms with Crippen molar-refractivity contribution < 1.29 is 20.1 Å². The zero-order valence-corrected chi connectivity index (χ0v) is 23.4. The maximum Gasteiger partial charge on any atom is 0.0995 e. The molecule has 1 aliphatic heterocycles. The SMILES string of the molecule is C[C@@H](CC[C@@H](O)C(C)(C)O)[C@@H]1CC[C@]2(C)[C@H]3CC[C@@]4(C(C)(C)O)OCCC[C@H]4[C@]3(C)CC[C@@]12C. The van der Waals surface area contributed by atoms with E-state index in [-0.39, 0.29) is 5.41 Å². The molecule has 4 rings (SSSR count). The molecule has 3 N–H and O–H groups in total. The second-order valence-electron chi connectivity index (χ2n) is 14.8. The van der Waals surface area contributed by atoms with Crippen LogP contribution in [0.5, 0.6) is 0 Å². The van der Waals surface area contributed by atoms with E-state index in [2.05, 4.69) is 27.7 Å². The molecule has 0 radical (unpaired) electrons. The van der Waals surface area contributed by atoms with Gasteiger partial charge in [0.25, 0.3) is 0 Å². The first-order valence-electron chi connectivity index (χ1n) is 14.3. The largest absolute Gasteiger partial charge is 0.390 e. The van der Waals surface area contributed by atoms with Crippen molar-refractivity contribution in [3.63, 3.8) is 0 Å². The summed E-state index contributed by atoms with van der Waals surface area (Å²) in [5, 5.41) is 32.0. The number of rotatable bonds is 6. The molecule has 1 saturated heterocycles. The molecule has 0 aromatic heterocycles. The average Bonchev–Trinajstić information content (AvgIpc) is 3.01. The lowest BCUT2D eigenvalue weighted by molar-refractivity contribution is -0.291. The van der Waals surface area contributed by atoms with Crippen molar-refractivity contribution in [2.24, 2.45) is 39.9 Å². The van der Waals surface area contributed by atoms with Crippen molar-refractivity contribution >= 4 is 0 Å². The highest BCUT2D eigenvalue weighted by molar-refractivity contribution is 5.20. The number of hydrogen-bond donors (Lipinski definition) is 3. The van der Waals surface area contributed by atoms with Crippen LogP contribution in [0.4, 0.5) is 0 Å². The van der Waals surface area contributed by atoms with E-state index >= 15 is 0 Å². The van der Waals surface area contributed by atoms with Gasteiger partial charge in [0.15, 0.2) is 0 Å². The molecule has 0 amide bonds. The Morgan fingerprint density at radius 3 is 2.15 bits per heavy atom. The first-order chi connectivity index (χ1) is 15.5. The summed E-state index contributed by atoms with van der Waals surface area (Å²) in [4.78, 5) is 0. The summed E-state index contributed by atoms with van der Waals surface area (Å²) < 4.78 is 6.56. The Bertz CT molecular complexity index is 752. The van der Waals surface area contributed by atoms with Gasteiger partial charge < -0.3 is 20.1 Å². The Kier molecular flexibility index (Phi) is 6.67. The lowest BCUT2D eigenvalue weighted by atomic mass is 9.37. The van der Waals surface area contributed by atoms with Gasteiger partial charge in [0.2, 0.25) is 0 Å². The van der Waals surface area contributed by atoms with Crippen LogP contribution in [0, 0.1) is 39.9 Å². The topological polar surface area (TPSA) is 69.9 Å². The highest BCUT2D eigenvalue weighted by Crippen LogP contribution is 2.75. The smallest absolute Gasteiger partial charge is 0.0995 e. The molecule has 4 nitrogen and oxygen atoms in total. The van der Waals surface area contributed by atoms with Gasteiger partial charge in [0, 0.05) is 6.61 Å². The standard InChI is InChI=1S/C30H54O4/c1-20(11-12-24(31)25(2,3)32)21-13-15-29(8)22-14-16-30(26(4,5)33)23(10-9-19-34-30)27(22,6)17-18-28(21,29)7/h20-24,31-33H,9-19H2,1-8H3/t20-,21-,22-,23-,24+,27+,28-,29+,30+/m0/s1. The molecule has 0 aromatic rings. The molecular weight excluding hydrogens is 424 g/mol. The molecule has 4 aliphatic rings. The van der Waals surface area contributed by atoms with Crippen LogP contribution < -0.4 is 0 Å². The van der Waals surface area contributed by atoms with E-state index < -0.39 is 22.9 Å². The molecule has 1 heterocycles. The van der Waals surface area contributed by atoms with Crippen LogP contribution in [0.15, 0.2) is 0 Å². The van der Waals surface area contributed by atoms with E-state index in [0.717, 1.165) is 32.3 Å². The fraction of sp³-hybridized carbons (Fsp3) is 1.00. The number of aliphatic hydroxyl groups excluding tert-OH is 1. The summed E-state index contributed by atoms with van der Waals surface area (Å²) in [5.74, 6) is 2.30. The highest BCUT2D eigenvalue weighted by Gasteiger charge is 2.71. The van der Waals surface area contributed by atoms with Gasteiger partial charge in [-0.15, -0.1) is 0 Å². The number of hydrogen-bond acceptors (Lipinski definition) is 4. The van der Waals surface area contributed by atoms with E-state index in [4.69, 9.17) is 4.74 Å². The van der Waals surface area contributed by atoms with Gasteiger partial charge in [-0.1, -0.05) is 27.7 Å². The molecule has 198 valence electrons. The molecule has 3 aliphatic carbocycles. The van der Waals surface area contributed by atoms with Crippen LogP contribution in [0.1, 0.15) is 120 Å². The zero-order valence-electron chi connectivity index (χ0n) is 23.4. The molecule has 34 heavy (non-hydrogen) atoms. The van der Waals surface area contributed by atoms with Gasteiger partial charge in [0.1, 0.15) is 0 Å². The van der Waals surface area contributed by atoms with Crippen LogP contribution >= 0.6 is 0 Å². The van der Waals surface area contributed by atoms with Crippen molar-refractivity contribution in [3.05, 3.63) is 0 Å². The van der Waals surface area contributed by atoms with Gasteiger partial charge in [0.05, 0.1) is 22.9 Å². The summed E-state index contributed by atoms with van der Waals surface area (Å²) in [6.45, 7) is 18.3. The van der Waals surface area contributed by atoms with Crippen LogP contribution in [-0.4, -0.2) is 44.8 Å². The third-order valence-electron chi connectivity index (χ3n) is 12.4. The van der Waals surface area contributed by atoms with Crippen molar-refractivity contribution in [1.82, 2.24) is 0 Å². The highest BCUT2D eigenvalue weighted by atomic mass is 16.5. The monoisotopic (exact) mass is 478 g/mol. The van der Waals surface area contributed by atoms with Crippen LogP contribution in [0.3, 0.4) is 0 Å². The Balaban J connectivity index is 1.59. The first kappa shape index (κ1) is 26.9. The number of ether oxygens (including phenoxy) is 1. The fourth-order valence-corrected chi connectivity index (χ4v) is 10.2. The lowest BCUT2D eigenvalue weighted by Crippen LogP contribution is -2.69. The normalized spacial score (nSPS) is 46.9. The summed E-state index contributed by atoms with van der Waals surface area (Å²) in [5.41, 5.74) is -1.43. The number of fused-ring (bicyclic) bond motifs is 5. The summed E-state index contributed by atoms with van der Waals surface area (Å²) in [6, 6.07) is 0. The fourth-order valence-electron chi connectivity index (χ4n) is 10.2. The van der Waals surface area contributed by atoms with Crippen molar-refractivity contribution in [1.29, 1.82) is 0 Å². The van der Waals surface area contributed by atoms with E-state index in [9.17, 15) is 15.3 Å². The van der Waals surface area contributed by atoms with Gasteiger partial charge in [-0.3, -0.25) is 0 Å². The molecule has 3 saturated carbocycles. The Hall–Kier alpha value is -0.160. The molecule has 9 atom stereocenters. The van der Waals surface area contributed by atoms with E-state index in [1.54, 1.807) is 13.8 Å². The summed E-state index contributed by atoms with van der Waals surface area (Å²) in [7, 11) is 0. The molecule has 4 fully saturated rings. The summed E-state index contributed by atoms with van der Waals surface area (Å²) >= 11 is 0. The van der Waals surface area contributed by atoms with Gasteiger partial charge in [-0.25, -0.2) is 0 Å². The quantitative estimate of drug-likeness (QED) is 0.431. The van der Waals surface area contributed by atoms with Crippen LogP contribution in [0.25, 0.3) is 0 Å². The summed E-state index contributed by atoms with van der Waals surface area (Å²) in [6.07, 6.45) is 10.4. The first-order valence-corrected chi connectivity index (χ1v) is 14.3. The van der Waals surface area contributed by atoms with Crippen LogP contribution in [-0.2, 0) is 4.74 Å². The number of aliphatic hydroxyl groups is 3. The van der Waals surface area contributed by atoms with Crippen LogP contribution in [0.2, 0.25) is 0 Å². The van der Waals surface area contributed by atoms with Gasteiger partial charge in [-0.05, 0) is 132 Å². The minimum Gasteiger partial charge on any atom is -0.390 e. The maximum absolute atomic E-state index is 11.3. The Labute approximate surface area is 209 Å². The molecule has 0 spiro atoms. The maximum atomic E-state index is 11.3. The van der Waals surface area contributed by atoms with E-state index in [1.807, 2.05) is 13.8 Å². The zero-order chi connectivity index (χ0) is 25.4. The Morgan fingerprint density at radius 2 is 1.53 bits per heavy atom. The lowest BCUT2D eigenvalue weighted by Gasteiger charge is -2.69. The third-order valence-corrected chi connectivity index (χ3v) is 12.4. The van der Waals surface area contributed by atoms with Gasteiger partial charge >= 0.3 is 0 Å². The second-order valence-corrected chi connectivity index (χ2v) is 14.8. The van der Waals surface area contributed by atoms with E-state index in [0.29, 0.717) is 40.9 Å². The molecular formula is C30H54O4. The van der Waals surface area contributed by atoms with Crippen molar-refractivity contribution in [2.75, 3.05) is 6.61 Å². The minimum absolute atomic E-state index is 0.210. The molecule has 0 aromatic carbocycles. The van der Waals surface area contributed by atoms with Crippen molar-refractivity contribution in [2.45, 2.75) is 143 Å².